The van der Waals surface area contributed by atoms with E-state index in [9.17, 15) is 4.79 Å². The molecule has 1 saturated heterocycles. The Hall–Kier alpha value is -1.07. The Morgan fingerprint density at radius 1 is 1.26 bits per heavy atom. The van der Waals surface area contributed by atoms with E-state index in [1.54, 1.807) is 4.68 Å². The molecule has 0 N–H and O–H groups in total. The first-order valence-corrected chi connectivity index (χ1v) is 7.16. The van der Waals surface area contributed by atoms with E-state index in [2.05, 4.69) is 10.00 Å². The van der Waals surface area contributed by atoms with E-state index in [1.807, 2.05) is 25.8 Å². The summed E-state index contributed by atoms with van der Waals surface area (Å²) in [5, 5.41) is 4.31. The molecule has 1 aromatic heterocycles. The molecule has 0 bridgehead atoms. The number of alkyl halides is 1. The Bertz CT molecular complexity index is 463. The first kappa shape index (κ1) is 14.3. The highest BCUT2D eigenvalue weighted by atomic mass is 35.5. The van der Waals surface area contributed by atoms with Crippen LogP contribution in [0.4, 0.5) is 0 Å². The number of hydrogen-bond acceptors (Lipinski definition) is 3. The first-order valence-electron chi connectivity index (χ1n) is 6.62. The van der Waals surface area contributed by atoms with Crippen LogP contribution in [-0.2, 0) is 7.05 Å². The van der Waals surface area contributed by atoms with Crippen molar-refractivity contribution in [1.29, 1.82) is 0 Å². The van der Waals surface area contributed by atoms with Gasteiger partial charge in [-0.2, -0.15) is 5.10 Å². The number of carbonyl (C=O) groups excluding carboxylic acids is 1. The molecule has 6 heteroatoms. The molecule has 5 nitrogen and oxygen atoms in total. The molecule has 2 rings (SSSR count). The molecule has 0 aromatic carbocycles. The lowest BCUT2D eigenvalue weighted by Crippen LogP contribution is -2.49. The predicted molar refractivity (Wildman–Crippen MR) is 75.7 cm³/mol. The second-order valence-corrected chi connectivity index (χ2v) is 5.37. The number of nitrogens with zero attached hydrogens (tertiary/aromatic N) is 4. The van der Waals surface area contributed by atoms with E-state index in [0.717, 1.165) is 49.7 Å². The smallest absolute Gasteiger partial charge is 0.257 e. The van der Waals surface area contributed by atoms with Crippen LogP contribution in [0.3, 0.4) is 0 Å². The Balaban J connectivity index is 2.05. The van der Waals surface area contributed by atoms with Crippen molar-refractivity contribution in [3.05, 3.63) is 17.0 Å². The molecule has 1 amide bonds. The van der Waals surface area contributed by atoms with Crippen LogP contribution < -0.4 is 0 Å². The van der Waals surface area contributed by atoms with E-state index in [1.165, 1.54) is 0 Å². The summed E-state index contributed by atoms with van der Waals surface area (Å²) in [5.41, 5.74) is 2.51. The number of hydrogen-bond donors (Lipinski definition) is 0. The van der Waals surface area contributed by atoms with Gasteiger partial charge < -0.3 is 4.90 Å². The SMILES string of the molecule is Cc1nn(C)c(C)c1C(=O)N1CCN(CCCl)CC1. The Morgan fingerprint density at radius 2 is 1.89 bits per heavy atom. The monoisotopic (exact) mass is 284 g/mol. The third-order valence-corrected chi connectivity index (χ3v) is 3.95. The minimum Gasteiger partial charge on any atom is -0.336 e. The van der Waals surface area contributed by atoms with Gasteiger partial charge in [-0.15, -0.1) is 11.6 Å². The summed E-state index contributed by atoms with van der Waals surface area (Å²) in [5.74, 6) is 0.753. The highest BCUT2D eigenvalue weighted by Gasteiger charge is 2.26. The van der Waals surface area contributed by atoms with Crippen LogP contribution in [0, 0.1) is 13.8 Å². The molecule has 1 aromatic rings. The molecule has 1 aliphatic rings. The quantitative estimate of drug-likeness (QED) is 0.779. The van der Waals surface area contributed by atoms with Crippen molar-refractivity contribution >= 4 is 17.5 Å². The Labute approximate surface area is 119 Å². The number of piperazine rings is 1. The zero-order valence-electron chi connectivity index (χ0n) is 11.8. The summed E-state index contributed by atoms with van der Waals surface area (Å²) in [6.07, 6.45) is 0. The van der Waals surface area contributed by atoms with Crippen molar-refractivity contribution in [3.63, 3.8) is 0 Å². The molecule has 2 heterocycles. The number of amides is 1. The fourth-order valence-electron chi connectivity index (χ4n) is 2.54. The molecule has 106 valence electrons. The summed E-state index contributed by atoms with van der Waals surface area (Å²) in [7, 11) is 1.87. The van der Waals surface area contributed by atoms with Gasteiger partial charge in [0.15, 0.2) is 0 Å². The minimum atomic E-state index is 0.105. The summed E-state index contributed by atoms with van der Waals surface area (Å²) in [6.45, 7) is 8.07. The standard InChI is InChI=1S/C13H21ClN4O/c1-10-12(11(2)16(3)15-10)13(19)18-8-6-17(5-4-14)7-9-18/h4-9H2,1-3H3. The molecule has 0 atom stereocenters. The fraction of sp³-hybridized carbons (Fsp3) is 0.692. The predicted octanol–water partition coefficient (Wildman–Crippen LogP) is 1.03. The summed E-state index contributed by atoms with van der Waals surface area (Å²) in [6, 6.07) is 0. The maximum Gasteiger partial charge on any atom is 0.257 e. The minimum absolute atomic E-state index is 0.105. The van der Waals surface area contributed by atoms with Crippen molar-refractivity contribution in [2.75, 3.05) is 38.6 Å². The third-order valence-electron chi connectivity index (χ3n) is 3.78. The number of aryl methyl sites for hydroxylation is 2. The lowest BCUT2D eigenvalue weighted by Gasteiger charge is -2.34. The molecule has 19 heavy (non-hydrogen) atoms. The molecule has 0 spiro atoms. The molecular formula is C13H21ClN4O. The Morgan fingerprint density at radius 3 is 2.37 bits per heavy atom. The number of carbonyl (C=O) groups is 1. The van der Waals surface area contributed by atoms with Gasteiger partial charge in [-0.1, -0.05) is 0 Å². The summed E-state index contributed by atoms with van der Waals surface area (Å²) < 4.78 is 1.77. The fourth-order valence-corrected chi connectivity index (χ4v) is 2.77. The van der Waals surface area contributed by atoms with E-state index in [0.29, 0.717) is 5.88 Å². The molecular weight excluding hydrogens is 264 g/mol. The van der Waals surface area contributed by atoms with Crippen molar-refractivity contribution in [1.82, 2.24) is 19.6 Å². The van der Waals surface area contributed by atoms with Gasteiger partial charge >= 0.3 is 0 Å². The zero-order valence-corrected chi connectivity index (χ0v) is 12.6. The van der Waals surface area contributed by atoms with Crippen LogP contribution in [-0.4, -0.2) is 64.1 Å². The largest absolute Gasteiger partial charge is 0.336 e. The Kier molecular flexibility index (Phi) is 4.47. The highest BCUT2D eigenvalue weighted by Crippen LogP contribution is 2.16. The lowest BCUT2D eigenvalue weighted by molar-refractivity contribution is 0.0643. The maximum atomic E-state index is 12.5. The van der Waals surface area contributed by atoms with Crippen LogP contribution >= 0.6 is 11.6 Å². The van der Waals surface area contributed by atoms with Crippen molar-refractivity contribution in [2.24, 2.45) is 7.05 Å². The molecule has 0 unspecified atom stereocenters. The summed E-state index contributed by atoms with van der Waals surface area (Å²) in [4.78, 5) is 16.8. The van der Waals surface area contributed by atoms with E-state index >= 15 is 0 Å². The molecule has 0 aliphatic carbocycles. The lowest BCUT2D eigenvalue weighted by atomic mass is 10.1. The molecule has 1 aliphatic heterocycles. The van der Waals surface area contributed by atoms with Crippen LogP contribution in [0.1, 0.15) is 21.7 Å². The van der Waals surface area contributed by atoms with Gasteiger partial charge in [-0.3, -0.25) is 14.4 Å². The van der Waals surface area contributed by atoms with E-state index in [-0.39, 0.29) is 5.91 Å². The van der Waals surface area contributed by atoms with Crippen LogP contribution in [0.15, 0.2) is 0 Å². The molecule has 1 fully saturated rings. The second kappa shape index (κ2) is 5.92. The van der Waals surface area contributed by atoms with Gasteiger partial charge in [0, 0.05) is 51.3 Å². The van der Waals surface area contributed by atoms with Crippen LogP contribution in [0.5, 0.6) is 0 Å². The number of rotatable bonds is 3. The van der Waals surface area contributed by atoms with E-state index < -0.39 is 0 Å². The van der Waals surface area contributed by atoms with Gasteiger partial charge in [-0.25, -0.2) is 0 Å². The molecule has 0 radical (unpaired) electrons. The van der Waals surface area contributed by atoms with Gasteiger partial charge in [-0.05, 0) is 13.8 Å². The topological polar surface area (TPSA) is 41.4 Å². The number of aromatic nitrogens is 2. The van der Waals surface area contributed by atoms with Crippen molar-refractivity contribution < 1.29 is 4.79 Å². The van der Waals surface area contributed by atoms with Crippen LogP contribution in [0.25, 0.3) is 0 Å². The van der Waals surface area contributed by atoms with Gasteiger partial charge in [0.25, 0.3) is 5.91 Å². The summed E-state index contributed by atoms with van der Waals surface area (Å²) >= 11 is 5.74. The van der Waals surface area contributed by atoms with Crippen LogP contribution in [0.2, 0.25) is 0 Å². The first-order chi connectivity index (χ1) is 9.04. The maximum absolute atomic E-state index is 12.5. The molecule has 0 saturated carbocycles. The van der Waals surface area contributed by atoms with E-state index in [4.69, 9.17) is 11.6 Å². The number of halogens is 1. The van der Waals surface area contributed by atoms with Gasteiger partial charge in [0.2, 0.25) is 0 Å². The third kappa shape index (κ3) is 2.92. The van der Waals surface area contributed by atoms with Gasteiger partial charge in [0.1, 0.15) is 0 Å². The average molecular weight is 285 g/mol. The van der Waals surface area contributed by atoms with Gasteiger partial charge in [0.05, 0.1) is 11.3 Å². The van der Waals surface area contributed by atoms with Crippen molar-refractivity contribution in [2.45, 2.75) is 13.8 Å². The second-order valence-electron chi connectivity index (χ2n) is 4.99. The zero-order chi connectivity index (χ0) is 14.0. The average Bonchev–Trinajstić information content (AvgIpc) is 2.64. The normalized spacial score (nSPS) is 16.9. The van der Waals surface area contributed by atoms with Crippen molar-refractivity contribution in [3.8, 4) is 0 Å². The highest BCUT2D eigenvalue weighted by molar-refractivity contribution is 6.18.